The Morgan fingerprint density at radius 3 is 2.75 bits per heavy atom. The average molecular weight is 477 g/mol. The number of thioether (sulfide) groups is 2. The summed E-state index contributed by atoms with van der Waals surface area (Å²) >= 11 is 2.62. The molecule has 2 aliphatic rings. The monoisotopic (exact) mass is 476 g/mol. The van der Waals surface area contributed by atoms with E-state index < -0.39 is 23.0 Å². The van der Waals surface area contributed by atoms with E-state index in [-0.39, 0.29) is 18.0 Å². The van der Waals surface area contributed by atoms with Gasteiger partial charge in [-0.1, -0.05) is 42.1 Å². The molecule has 0 aliphatic carbocycles. The molecule has 1 aromatic heterocycles. The van der Waals surface area contributed by atoms with E-state index >= 15 is 0 Å². The van der Waals surface area contributed by atoms with Gasteiger partial charge in [-0.25, -0.2) is 9.48 Å². The average Bonchev–Trinajstić information content (AvgIpc) is 3.20. The molecule has 1 saturated heterocycles. The second kappa shape index (κ2) is 8.92. The van der Waals surface area contributed by atoms with Crippen LogP contribution in [0.25, 0.3) is 0 Å². The minimum Gasteiger partial charge on any atom is -0.477 e. The van der Waals surface area contributed by atoms with Gasteiger partial charge in [-0.15, -0.1) is 16.9 Å². The van der Waals surface area contributed by atoms with Gasteiger partial charge in [-0.2, -0.15) is 0 Å². The first-order chi connectivity index (χ1) is 15.4. The summed E-state index contributed by atoms with van der Waals surface area (Å²) in [6, 6.07) is 9.11. The van der Waals surface area contributed by atoms with Crippen LogP contribution in [-0.4, -0.2) is 77.7 Å². The summed E-state index contributed by atoms with van der Waals surface area (Å²) in [5.41, 5.74) is -0.338. The van der Waals surface area contributed by atoms with Crippen molar-refractivity contribution in [2.75, 3.05) is 18.6 Å². The molecule has 1 aromatic carbocycles. The Labute approximate surface area is 191 Å². The van der Waals surface area contributed by atoms with Crippen LogP contribution in [-0.2, 0) is 32.6 Å². The minimum absolute atomic E-state index is 0.0753. The lowest BCUT2D eigenvalue weighted by atomic mass is 9.98. The molecule has 13 heteroatoms. The first-order valence-electron chi connectivity index (χ1n) is 9.53. The second-order valence-electron chi connectivity index (χ2n) is 7.12. The molecule has 32 heavy (non-hydrogen) atoms. The van der Waals surface area contributed by atoms with E-state index in [1.165, 1.54) is 40.2 Å². The zero-order chi connectivity index (χ0) is 22.9. The number of tetrazole rings is 1. The fourth-order valence-corrected chi connectivity index (χ4v) is 6.01. The van der Waals surface area contributed by atoms with Gasteiger partial charge in [0, 0.05) is 25.7 Å². The highest BCUT2D eigenvalue weighted by Crippen LogP contribution is 2.47. The summed E-state index contributed by atoms with van der Waals surface area (Å²) in [6.45, 7) is 0. The zero-order valence-corrected chi connectivity index (χ0v) is 18.9. The van der Waals surface area contributed by atoms with E-state index in [1.54, 1.807) is 7.05 Å². The number of nitrogens with one attached hydrogen (secondary N) is 1. The lowest BCUT2D eigenvalue weighted by Gasteiger charge is -2.55. The highest BCUT2D eigenvalue weighted by molar-refractivity contribution is 8.01. The van der Waals surface area contributed by atoms with Gasteiger partial charge in [-0.05, 0) is 21.6 Å². The van der Waals surface area contributed by atoms with E-state index in [1.807, 2.05) is 30.3 Å². The van der Waals surface area contributed by atoms with Crippen LogP contribution in [0.15, 0.2) is 46.8 Å². The van der Waals surface area contributed by atoms with Crippen molar-refractivity contribution in [1.82, 2.24) is 30.4 Å². The summed E-state index contributed by atoms with van der Waals surface area (Å²) in [6.07, 6.45) is 0.0753. The topological polar surface area (TPSA) is 140 Å². The zero-order valence-electron chi connectivity index (χ0n) is 17.2. The minimum atomic E-state index is -1.61. The number of aryl methyl sites for hydroxylation is 1. The number of nitrogens with zero attached hydrogens (tertiary/aromatic N) is 5. The number of methoxy groups -OCH3 is 1. The molecule has 11 nitrogen and oxygen atoms in total. The van der Waals surface area contributed by atoms with Gasteiger partial charge in [0.15, 0.2) is 0 Å². The van der Waals surface area contributed by atoms with Crippen LogP contribution < -0.4 is 5.32 Å². The van der Waals surface area contributed by atoms with Crippen LogP contribution in [0.3, 0.4) is 0 Å². The molecule has 1 fully saturated rings. The van der Waals surface area contributed by atoms with E-state index in [0.29, 0.717) is 22.2 Å². The molecule has 0 unspecified atom stereocenters. The highest BCUT2D eigenvalue weighted by atomic mass is 32.2. The van der Waals surface area contributed by atoms with Gasteiger partial charge in [0.05, 0.1) is 6.42 Å². The third-order valence-electron chi connectivity index (χ3n) is 5.12. The number of carbonyl (C=O) groups is 3. The SMILES string of the molecule is CO[C@@]1(NC(=O)Cc2ccccc2)C(=O)N2C(C(=O)O)=C(CSc3nnnn3C)CS[C@H]21. The first kappa shape index (κ1) is 22.3. The van der Waals surface area contributed by atoms with Crippen LogP contribution in [0.2, 0.25) is 0 Å². The van der Waals surface area contributed by atoms with Crippen LogP contribution in [0.4, 0.5) is 0 Å². The third kappa shape index (κ3) is 3.87. The summed E-state index contributed by atoms with van der Waals surface area (Å²) in [7, 11) is 3.01. The van der Waals surface area contributed by atoms with Crippen molar-refractivity contribution in [2.45, 2.75) is 22.7 Å². The molecule has 3 heterocycles. The molecule has 4 rings (SSSR count). The molecule has 168 valence electrons. The summed E-state index contributed by atoms with van der Waals surface area (Å²) < 4.78 is 6.95. The summed E-state index contributed by atoms with van der Waals surface area (Å²) in [5, 5.41) is 23.6. The van der Waals surface area contributed by atoms with Crippen LogP contribution in [0, 0.1) is 0 Å². The molecule has 0 saturated carbocycles. The molecule has 2 atom stereocenters. The number of aliphatic carboxylic acids is 1. The van der Waals surface area contributed by atoms with Gasteiger partial charge < -0.3 is 15.2 Å². The molecule has 2 amide bonds. The number of aromatic nitrogens is 4. The van der Waals surface area contributed by atoms with Crippen molar-refractivity contribution in [2.24, 2.45) is 7.05 Å². The Kier molecular flexibility index (Phi) is 6.22. The maximum Gasteiger partial charge on any atom is 0.352 e. The maximum absolute atomic E-state index is 13.1. The molecule has 0 spiro atoms. The summed E-state index contributed by atoms with van der Waals surface area (Å²) in [4.78, 5) is 39.0. The third-order valence-corrected chi connectivity index (χ3v) is 7.59. The standard InChI is InChI=1S/C19H20N6O5S2/c1-24-18(21-22-23-24)32-10-12-9-31-17-19(30-2,16(29)25(17)14(12)15(27)28)20-13(26)8-11-6-4-3-5-7-11/h3-7,17H,8-10H2,1-2H3,(H,20,26)(H,27,28)/t17-,19-/m0/s1. The summed E-state index contributed by atoms with van der Waals surface area (Å²) in [5.74, 6) is -1.55. The molecule has 0 radical (unpaired) electrons. The Bertz CT molecular complexity index is 1090. The number of hydrogen-bond acceptors (Lipinski definition) is 9. The van der Waals surface area contributed by atoms with Crippen molar-refractivity contribution < 1.29 is 24.2 Å². The predicted molar refractivity (Wildman–Crippen MR) is 115 cm³/mol. The predicted octanol–water partition coefficient (Wildman–Crippen LogP) is 0.258. The number of carbonyl (C=O) groups excluding carboxylic acids is 2. The lowest BCUT2D eigenvalue weighted by molar-refractivity contribution is -0.192. The lowest BCUT2D eigenvalue weighted by Crippen LogP contribution is -2.80. The first-order valence-corrected chi connectivity index (χ1v) is 11.6. The number of rotatable bonds is 8. The highest BCUT2D eigenvalue weighted by Gasteiger charge is 2.66. The van der Waals surface area contributed by atoms with Crippen molar-refractivity contribution in [3.05, 3.63) is 47.2 Å². The number of amides is 2. The molecular weight excluding hydrogens is 456 g/mol. The smallest absolute Gasteiger partial charge is 0.352 e. The molecular formula is C19H20N6O5S2. The van der Waals surface area contributed by atoms with Gasteiger partial charge >= 0.3 is 5.97 Å². The molecule has 0 bridgehead atoms. The van der Waals surface area contributed by atoms with E-state index in [4.69, 9.17) is 4.74 Å². The number of fused-ring (bicyclic) bond motifs is 1. The van der Waals surface area contributed by atoms with Crippen molar-refractivity contribution in [1.29, 1.82) is 0 Å². The number of carboxylic acids is 1. The van der Waals surface area contributed by atoms with Gasteiger partial charge in [0.25, 0.3) is 11.6 Å². The van der Waals surface area contributed by atoms with E-state index in [9.17, 15) is 19.5 Å². The largest absolute Gasteiger partial charge is 0.477 e. The Balaban J connectivity index is 1.52. The number of carboxylic acid groups (broad SMARTS) is 1. The molecule has 2 aromatic rings. The van der Waals surface area contributed by atoms with Crippen molar-refractivity contribution in [3.63, 3.8) is 0 Å². The van der Waals surface area contributed by atoms with E-state index in [2.05, 4.69) is 20.8 Å². The fourth-order valence-electron chi connectivity index (χ4n) is 3.58. The molecule has 2 aliphatic heterocycles. The number of hydrogen-bond donors (Lipinski definition) is 2. The van der Waals surface area contributed by atoms with Crippen LogP contribution >= 0.6 is 23.5 Å². The normalized spacial score (nSPS) is 22.4. The van der Waals surface area contributed by atoms with Crippen molar-refractivity contribution >= 4 is 41.3 Å². The Hall–Kier alpha value is -2.90. The quantitative estimate of drug-likeness (QED) is 0.310. The van der Waals surface area contributed by atoms with Gasteiger partial charge in [0.2, 0.25) is 11.1 Å². The number of ether oxygens (including phenoxy) is 1. The maximum atomic E-state index is 13.1. The molecule has 2 N–H and O–H groups in total. The Morgan fingerprint density at radius 1 is 1.38 bits per heavy atom. The fraction of sp³-hybridized carbons (Fsp3) is 0.368. The van der Waals surface area contributed by atoms with Crippen LogP contribution in [0.5, 0.6) is 0 Å². The Morgan fingerprint density at radius 2 is 2.12 bits per heavy atom. The van der Waals surface area contributed by atoms with E-state index in [0.717, 1.165) is 5.56 Å². The second-order valence-corrected chi connectivity index (χ2v) is 9.13. The number of β-lactam (4-membered cyclic amide) rings is 1. The van der Waals surface area contributed by atoms with Crippen molar-refractivity contribution in [3.8, 4) is 0 Å². The van der Waals surface area contributed by atoms with Gasteiger partial charge in [-0.3, -0.25) is 14.5 Å². The van der Waals surface area contributed by atoms with Gasteiger partial charge in [0.1, 0.15) is 11.1 Å². The number of benzene rings is 1. The van der Waals surface area contributed by atoms with Crippen LogP contribution in [0.1, 0.15) is 5.56 Å².